The molecular weight excluding hydrogens is 330 g/mol. The summed E-state index contributed by atoms with van der Waals surface area (Å²) in [6, 6.07) is 12.7. The highest BCUT2D eigenvalue weighted by atomic mass is 79.9. The van der Waals surface area contributed by atoms with Gasteiger partial charge in [0, 0.05) is 10.9 Å². The van der Waals surface area contributed by atoms with Gasteiger partial charge in [0.15, 0.2) is 0 Å². The van der Waals surface area contributed by atoms with Gasteiger partial charge in [0.25, 0.3) is 0 Å². The molecule has 1 saturated carbocycles. The maximum atomic E-state index is 6.34. The smallest absolute Gasteiger partial charge is 0.0887 e. The van der Waals surface area contributed by atoms with Crippen LogP contribution < -0.4 is 5.73 Å². The fourth-order valence-electron chi connectivity index (χ4n) is 2.43. The van der Waals surface area contributed by atoms with E-state index in [-0.39, 0.29) is 6.04 Å². The minimum Gasteiger partial charge on any atom is -0.323 e. The Morgan fingerprint density at radius 1 is 1.33 bits per heavy atom. The molecule has 1 aliphatic rings. The maximum absolute atomic E-state index is 6.34. The zero-order valence-electron chi connectivity index (χ0n) is 9.64. The van der Waals surface area contributed by atoms with Crippen molar-refractivity contribution in [1.82, 2.24) is 0 Å². The van der Waals surface area contributed by atoms with E-state index < -0.39 is 0 Å². The Balaban J connectivity index is 1.75. The van der Waals surface area contributed by atoms with Crippen LogP contribution in [0.4, 0.5) is 0 Å². The van der Waals surface area contributed by atoms with Crippen molar-refractivity contribution < 1.29 is 0 Å². The first kappa shape index (κ1) is 12.7. The van der Waals surface area contributed by atoms with E-state index in [1.54, 1.807) is 11.3 Å². The molecule has 2 N–H and O–H groups in total. The molecule has 1 heterocycles. The molecule has 94 valence electrons. The van der Waals surface area contributed by atoms with Crippen LogP contribution in [0.15, 0.2) is 40.2 Å². The molecule has 1 aliphatic carbocycles. The van der Waals surface area contributed by atoms with Gasteiger partial charge in [-0.3, -0.25) is 0 Å². The minimum atomic E-state index is 0.101. The summed E-state index contributed by atoms with van der Waals surface area (Å²) < 4.78 is 0.978. The van der Waals surface area contributed by atoms with Gasteiger partial charge in [0.05, 0.1) is 8.81 Å². The number of halogens is 2. The number of nitrogens with two attached hydrogens (primary N) is 1. The molecule has 3 atom stereocenters. The first-order chi connectivity index (χ1) is 8.66. The van der Waals surface area contributed by atoms with Crippen LogP contribution in [0.1, 0.15) is 28.8 Å². The average molecular weight is 343 g/mol. The van der Waals surface area contributed by atoms with Gasteiger partial charge in [-0.15, -0.1) is 11.3 Å². The van der Waals surface area contributed by atoms with E-state index in [1.165, 1.54) is 16.9 Å². The lowest BCUT2D eigenvalue weighted by Gasteiger charge is -2.08. The Bertz CT molecular complexity index is 535. The molecule has 1 fully saturated rings. The molecule has 0 spiro atoms. The molecule has 0 aliphatic heterocycles. The van der Waals surface area contributed by atoms with Gasteiger partial charge in [-0.1, -0.05) is 41.9 Å². The summed E-state index contributed by atoms with van der Waals surface area (Å²) in [5.74, 6) is 1.16. The molecule has 0 saturated heterocycles. The lowest BCUT2D eigenvalue weighted by atomic mass is 10.1. The molecule has 1 nitrogen and oxygen atoms in total. The predicted molar refractivity (Wildman–Crippen MR) is 81.2 cm³/mol. The number of rotatable bonds is 3. The summed E-state index contributed by atoms with van der Waals surface area (Å²) in [4.78, 5) is 1.18. The van der Waals surface area contributed by atoms with Gasteiger partial charge >= 0.3 is 0 Å². The molecule has 3 unspecified atom stereocenters. The second kappa shape index (κ2) is 4.97. The van der Waals surface area contributed by atoms with Crippen molar-refractivity contribution in [2.75, 3.05) is 0 Å². The van der Waals surface area contributed by atoms with Gasteiger partial charge in [0.1, 0.15) is 0 Å². The summed E-state index contributed by atoms with van der Waals surface area (Å²) >= 11 is 11.2. The second-order valence-corrected chi connectivity index (χ2v) is 7.52. The summed E-state index contributed by atoms with van der Waals surface area (Å²) in [6.07, 6.45) is 1.18. The molecular formula is C14H13BrClNS. The zero-order chi connectivity index (χ0) is 12.7. The molecule has 0 radical (unpaired) electrons. The van der Waals surface area contributed by atoms with Crippen LogP contribution in [0, 0.1) is 5.92 Å². The fraction of sp³-hybridized carbons (Fsp3) is 0.286. The third-order valence-corrected chi connectivity index (χ3v) is 6.10. The molecule has 1 aromatic heterocycles. The number of hydrogen-bond acceptors (Lipinski definition) is 2. The van der Waals surface area contributed by atoms with Crippen LogP contribution >= 0.6 is 38.9 Å². The summed E-state index contributed by atoms with van der Waals surface area (Å²) in [5, 5.41) is 0.766. The van der Waals surface area contributed by atoms with E-state index in [9.17, 15) is 0 Å². The zero-order valence-corrected chi connectivity index (χ0v) is 12.8. The van der Waals surface area contributed by atoms with Crippen molar-refractivity contribution in [2.45, 2.75) is 18.4 Å². The molecule has 1 aromatic carbocycles. The standard InChI is InChI=1S/C14H13BrClNS/c15-14-11(16)7-12(18-14)13(17)10-6-9(10)8-4-2-1-3-5-8/h1-5,7,9-10,13H,6,17H2. The van der Waals surface area contributed by atoms with Crippen molar-refractivity contribution in [3.8, 4) is 0 Å². The molecule has 4 heteroatoms. The molecule has 0 bridgehead atoms. The highest BCUT2D eigenvalue weighted by molar-refractivity contribution is 9.11. The Hall–Kier alpha value is -0.350. The molecule has 2 aromatic rings. The van der Waals surface area contributed by atoms with Crippen LogP contribution in [0.2, 0.25) is 5.02 Å². The SMILES string of the molecule is NC(c1cc(Cl)c(Br)s1)C1CC1c1ccccc1. The van der Waals surface area contributed by atoms with E-state index in [4.69, 9.17) is 17.3 Å². The lowest BCUT2D eigenvalue weighted by Crippen LogP contribution is -2.11. The van der Waals surface area contributed by atoms with E-state index >= 15 is 0 Å². The molecule has 0 amide bonds. The van der Waals surface area contributed by atoms with E-state index in [0.29, 0.717) is 11.8 Å². The van der Waals surface area contributed by atoms with Gasteiger partial charge in [-0.25, -0.2) is 0 Å². The quantitative estimate of drug-likeness (QED) is 0.837. The van der Waals surface area contributed by atoms with Gasteiger partial charge in [-0.2, -0.15) is 0 Å². The third-order valence-electron chi connectivity index (χ3n) is 3.52. The Kier molecular flexibility index (Phi) is 3.50. The van der Waals surface area contributed by atoms with E-state index in [1.807, 2.05) is 6.07 Å². The predicted octanol–water partition coefficient (Wildman–Crippen LogP) is 4.97. The van der Waals surface area contributed by atoms with Crippen LogP contribution in [-0.2, 0) is 0 Å². The van der Waals surface area contributed by atoms with Crippen LogP contribution in [0.25, 0.3) is 0 Å². The van der Waals surface area contributed by atoms with Crippen LogP contribution in [0.3, 0.4) is 0 Å². The van der Waals surface area contributed by atoms with Crippen molar-refractivity contribution >= 4 is 38.9 Å². The Morgan fingerprint density at radius 3 is 2.67 bits per heavy atom. The Labute approximate surface area is 124 Å². The average Bonchev–Trinajstić information content (AvgIpc) is 3.11. The minimum absolute atomic E-state index is 0.101. The topological polar surface area (TPSA) is 26.0 Å². The van der Waals surface area contributed by atoms with E-state index in [2.05, 4.69) is 46.3 Å². The van der Waals surface area contributed by atoms with Gasteiger partial charge < -0.3 is 5.73 Å². The normalized spacial score (nSPS) is 23.9. The van der Waals surface area contributed by atoms with Crippen molar-refractivity contribution in [2.24, 2.45) is 11.7 Å². The first-order valence-corrected chi connectivity index (χ1v) is 7.91. The largest absolute Gasteiger partial charge is 0.323 e. The van der Waals surface area contributed by atoms with Crippen molar-refractivity contribution in [1.29, 1.82) is 0 Å². The Morgan fingerprint density at radius 2 is 2.06 bits per heavy atom. The van der Waals surface area contributed by atoms with Crippen molar-refractivity contribution in [3.05, 3.63) is 55.6 Å². The molecule has 18 heavy (non-hydrogen) atoms. The van der Waals surface area contributed by atoms with Gasteiger partial charge in [0.2, 0.25) is 0 Å². The lowest BCUT2D eigenvalue weighted by molar-refractivity contribution is 0.626. The first-order valence-electron chi connectivity index (χ1n) is 5.92. The van der Waals surface area contributed by atoms with Gasteiger partial charge in [-0.05, 0) is 45.8 Å². The number of hydrogen-bond donors (Lipinski definition) is 1. The van der Waals surface area contributed by atoms with Crippen LogP contribution in [0.5, 0.6) is 0 Å². The van der Waals surface area contributed by atoms with Crippen LogP contribution in [-0.4, -0.2) is 0 Å². The van der Waals surface area contributed by atoms with Crippen molar-refractivity contribution in [3.63, 3.8) is 0 Å². The second-order valence-electron chi connectivity index (χ2n) is 4.71. The number of benzene rings is 1. The summed E-state index contributed by atoms with van der Waals surface area (Å²) in [5.41, 5.74) is 7.74. The monoisotopic (exact) mass is 341 g/mol. The summed E-state index contributed by atoms with van der Waals surface area (Å²) in [6.45, 7) is 0. The molecule has 3 rings (SSSR count). The highest BCUT2D eigenvalue weighted by Crippen LogP contribution is 2.54. The highest BCUT2D eigenvalue weighted by Gasteiger charge is 2.43. The third kappa shape index (κ3) is 2.37. The fourth-order valence-corrected chi connectivity index (χ4v) is 4.26. The summed E-state index contributed by atoms with van der Waals surface area (Å²) in [7, 11) is 0. The number of thiophene rings is 1. The maximum Gasteiger partial charge on any atom is 0.0887 e. The van der Waals surface area contributed by atoms with E-state index in [0.717, 1.165) is 8.81 Å².